The van der Waals surface area contributed by atoms with Gasteiger partial charge in [-0.3, -0.25) is 0 Å². The van der Waals surface area contributed by atoms with Crippen molar-refractivity contribution in [1.82, 2.24) is 10.6 Å². The number of hydrogen-bond acceptors (Lipinski definition) is 4. The first-order chi connectivity index (χ1) is 10.5. The Labute approximate surface area is 140 Å². The molecular weight excluding hydrogens is 292 g/mol. The molecule has 0 radical (unpaired) electrons. The summed E-state index contributed by atoms with van der Waals surface area (Å²) < 4.78 is 11.2. The van der Waals surface area contributed by atoms with Crippen molar-refractivity contribution in [2.45, 2.75) is 78.7 Å². The highest BCUT2D eigenvalue weighted by Gasteiger charge is 2.59. The average molecular weight is 326 g/mol. The molecule has 2 aliphatic rings. The van der Waals surface area contributed by atoms with Crippen LogP contribution in [-0.4, -0.2) is 43.0 Å². The lowest BCUT2D eigenvalue weighted by molar-refractivity contribution is -0.116. The first kappa shape index (κ1) is 18.5. The zero-order chi connectivity index (χ0) is 17.4. The number of carbonyl (C=O) groups excluding carboxylic acids is 1. The fourth-order valence-corrected chi connectivity index (χ4v) is 3.89. The van der Waals surface area contributed by atoms with Gasteiger partial charge in [0.1, 0.15) is 5.60 Å². The van der Waals surface area contributed by atoms with Gasteiger partial charge in [0.2, 0.25) is 0 Å². The molecule has 2 fully saturated rings. The van der Waals surface area contributed by atoms with Crippen molar-refractivity contribution in [2.75, 3.05) is 13.2 Å². The molecule has 134 valence electrons. The summed E-state index contributed by atoms with van der Waals surface area (Å²) in [7, 11) is 0. The van der Waals surface area contributed by atoms with Crippen LogP contribution in [0.15, 0.2) is 0 Å². The van der Waals surface area contributed by atoms with Crippen molar-refractivity contribution in [3.05, 3.63) is 0 Å². The van der Waals surface area contributed by atoms with Gasteiger partial charge in [0, 0.05) is 36.6 Å². The topological polar surface area (TPSA) is 59.6 Å². The number of carbonyl (C=O) groups is 1. The molecule has 0 bridgehead atoms. The van der Waals surface area contributed by atoms with Crippen LogP contribution < -0.4 is 10.6 Å². The highest BCUT2D eigenvalue weighted by Crippen LogP contribution is 2.52. The van der Waals surface area contributed by atoms with Crippen LogP contribution in [0.1, 0.15) is 54.9 Å². The molecule has 1 amide bonds. The highest BCUT2D eigenvalue weighted by molar-refractivity contribution is 5.67. The number of alkyl carbamates (subject to hydrolysis) is 1. The standard InChI is InChI=1S/C18H34N2O3/c1-11(2)13(10-19-16(21)23-17(3,4)5)20-14-12-8-9-22-15(12)18(14,6)7/h11-15,20H,8-10H2,1-7H3,(H,19,21). The zero-order valence-corrected chi connectivity index (χ0v) is 15.7. The lowest BCUT2D eigenvalue weighted by Gasteiger charge is -2.56. The van der Waals surface area contributed by atoms with E-state index in [0.29, 0.717) is 30.5 Å². The van der Waals surface area contributed by atoms with Crippen LogP contribution in [-0.2, 0) is 9.47 Å². The summed E-state index contributed by atoms with van der Waals surface area (Å²) in [6.45, 7) is 16.0. The Morgan fingerprint density at radius 1 is 1.35 bits per heavy atom. The fraction of sp³-hybridized carbons (Fsp3) is 0.944. The van der Waals surface area contributed by atoms with E-state index < -0.39 is 5.60 Å². The number of ether oxygens (including phenoxy) is 2. The molecule has 5 heteroatoms. The monoisotopic (exact) mass is 326 g/mol. The quantitative estimate of drug-likeness (QED) is 0.815. The van der Waals surface area contributed by atoms with Gasteiger partial charge in [0.15, 0.2) is 0 Å². The Bertz CT molecular complexity index is 428. The second-order valence-corrected chi connectivity index (χ2v) is 8.94. The van der Waals surface area contributed by atoms with E-state index in [9.17, 15) is 4.79 Å². The largest absolute Gasteiger partial charge is 0.444 e. The number of nitrogens with one attached hydrogen (secondary N) is 2. The van der Waals surface area contributed by atoms with Crippen LogP contribution in [0.3, 0.4) is 0 Å². The van der Waals surface area contributed by atoms with Gasteiger partial charge in [-0.1, -0.05) is 27.7 Å². The van der Waals surface area contributed by atoms with Crippen molar-refractivity contribution in [2.24, 2.45) is 17.3 Å². The van der Waals surface area contributed by atoms with Crippen LogP contribution in [0.2, 0.25) is 0 Å². The van der Waals surface area contributed by atoms with Crippen molar-refractivity contribution < 1.29 is 14.3 Å². The van der Waals surface area contributed by atoms with Gasteiger partial charge >= 0.3 is 6.09 Å². The van der Waals surface area contributed by atoms with E-state index in [1.54, 1.807) is 0 Å². The Morgan fingerprint density at radius 2 is 2.00 bits per heavy atom. The van der Waals surface area contributed by atoms with Gasteiger partial charge in [-0.25, -0.2) is 4.79 Å². The Balaban J connectivity index is 1.88. The Kier molecular flexibility index (Phi) is 5.31. The molecule has 2 N–H and O–H groups in total. The lowest BCUT2D eigenvalue weighted by Crippen LogP contribution is -2.68. The molecule has 1 heterocycles. The minimum Gasteiger partial charge on any atom is -0.444 e. The molecule has 5 nitrogen and oxygen atoms in total. The van der Waals surface area contributed by atoms with E-state index in [1.807, 2.05) is 20.8 Å². The molecular formula is C18H34N2O3. The molecule has 1 aliphatic heterocycles. The van der Waals surface area contributed by atoms with Crippen molar-refractivity contribution in [3.8, 4) is 0 Å². The summed E-state index contributed by atoms with van der Waals surface area (Å²) in [4.78, 5) is 11.9. The maximum absolute atomic E-state index is 11.9. The predicted octanol–water partition coefficient (Wildman–Crippen LogP) is 2.94. The van der Waals surface area contributed by atoms with Crippen LogP contribution in [0.4, 0.5) is 4.79 Å². The first-order valence-corrected chi connectivity index (χ1v) is 8.87. The van der Waals surface area contributed by atoms with Crippen molar-refractivity contribution in [1.29, 1.82) is 0 Å². The molecule has 23 heavy (non-hydrogen) atoms. The minimum absolute atomic E-state index is 0.153. The van der Waals surface area contributed by atoms with Gasteiger partial charge in [-0.2, -0.15) is 0 Å². The molecule has 0 aromatic carbocycles. The maximum Gasteiger partial charge on any atom is 0.407 e. The molecule has 1 saturated heterocycles. The molecule has 2 rings (SSSR count). The predicted molar refractivity (Wildman–Crippen MR) is 91.4 cm³/mol. The van der Waals surface area contributed by atoms with Crippen LogP contribution in [0.5, 0.6) is 0 Å². The highest BCUT2D eigenvalue weighted by atomic mass is 16.6. The second-order valence-electron chi connectivity index (χ2n) is 8.94. The molecule has 4 atom stereocenters. The molecule has 1 aliphatic carbocycles. The second kappa shape index (κ2) is 6.60. The van der Waals surface area contributed by atoms with Gasteiger partial charge in [-0.05, 0) is 33.1 Å². The third kappa shape index (κ3) is 4.18. The third-order valence-corrected chi connectivity index (χ3v) is 5.16. The van der Waals surface area contributed by atoms with Crippen LogP contribution in [0.25, 0.3) is 0 Å². The summed E-state index contributed by atoms with van der Waals surface area (Å²) in [5, 5.41) is 6.69. The SMILES string of the molecule is CC(C)C(CNC(=O)OC(C)(C)C)NC1C2CCOC2C1(C)C. The van der Waals surface area contributed by atoms with E-state index in [1.165, 1.54) is 0 Å². The first-order valence-electron chi connectivity index (χ1n) is 8.87. The number of amides is 1. The summed E-state index contributed by atoms with van der Waals surface area (Å²) in [5.74, 6) is 1.04. The van der Waals surface area contributed by atoms with Crippen LogP contribution >= 0.6 is 0 Å². The van der Waals surface area contributed by atoms with Crippen molar-refractivity contribution >= 4 is 6.09 Å². The lowest BCUT2D eigenvalue weighted by atomic mass is 9.57. The van der Waals surface area contributed by atoms with E-state index in [4.69, 9.17) is 9.47 Å². The van der Waals surface area contributed by atoms with Gasteiger partial charge in [0.25, 0.3) is 0 Å². The summed E-state index contributed by atoms with van der Waals surface area (Å²) in [5.41, 5.74) is -0.310. The number of rotatable bonds is 5. The fourth-order valence-electron chi connectivity index (χ4n) is 3.89. The number of fused-ring (bicyclic) bond motifs is 1. The molecule has 4 unspecified atom stereocenters. The van der Waals surface area contributed by atoms with Gasteiger partial charge in [0.05, 0.1) is 6.10 Å². The smallest absolute Gasteiger partial charge is 0.407 e. The van der Waals surface area contributed by atoms with E-state index in [0.717, 1.165) is 13.0 Å². The van der Waals surface area contributed by atoms with Gasteiger partial charge < -0.3 is 20.1 Å². The minimum atomic E-state index is -0.463. The Morgan fingerprint density at radius 3 is 2.57 bits per heavy atom. The summed E-state index contributed by atoms with van der Waals surface area (Å²) in [6.07, 6.45) is 1.17. The molecule has 0 aromatic rings. The third-order valence-electron chi connectivity index (χ3n) is 5.16. The summed E-state index contributed by atoms with van der Waals surface area (Å²) >= 11 is 0. The number of hydrogen-bond donors (Lipinski definition) is 2. The molecule has 0 spiro atoms. The normalized spacial score (nSPS) is 30.5. The zero-order valence-electron chi connectivity index (χ0n) is 15.7. The Hall–Kier alpha value is -0.810. The molecule has 1 saturated carbocycles. The van der Waals surface area contributed by atoms with Gasteiger partial charge in [-0.15, -0.1) is 0 Å². The van der Waals surface area contributed by atoms with Crippen LogP contribution in [0, 0.1) is 17.3 Å². The van der Waals surface area contributed by atoms with E-state index in [2.05, 4.69) is 38.3 Å². The maximum atomic E-state index is 11.9. The summed E-state index contributed by atoms with van der Waals surface area (Å²) in [6, 6.07) is 0.677. The van der Waals surface area contributed by atoms with E-state index >= 15 is 0 Å². The van der Waals surface area contributed by atoms with Crippen molar-refractivity contribution in [3.63, 3.8) is 0 Å². The van der Waals surface area contributed by atoms with E-state index in [-0.39, 0.29) is 17.6 Å². The average Bonchev–Trinajstić information content (AvgIpc) is 2.82. The molecule has 0 aromatic heterocycles.